The molecular formula is C17H34N4O3. The molecule has 0 aromatic carbocycles. The van der Waals surface area contributed by atoms with Crippen molar-refractivity contribution >= 4 is 5.97 Å². The minimum atomic E-state index is -1.13. The lowest BCUT2D eigenvalue weighted by molar-refractivity contribution is -0.277. The molecule has 0 amide bonds. The standard InChI is InChI=1S/C17H34N4O3/c1-14(2)15(22)24-17(12-16(3,4)5)13-20-9-8-18-6-7-19-10-11-21(17)23/h18-20,23H,1,6-13H2,2-5H3. The van der Waals surface area contributed by atoms with Crippen LogP contribution in [0, 0.1) is 5.41 Å². The second-order valence-corrected chi connectivity index (χ2v) is 7.65. The van der Waals surface area contributed by atoms with Gasteiger partial charge in [-0.3, -0.25) is 0 Å². The molecule has 1 atom stereocenters. The minimum Gasteiger partial charge on any atom is -0.437 e. The van der Waals surface area contributed by atoms with E-state index in [1.807, 2.05) is 0 Å². The van der Waals surface area contributed by atoms with Crippen molar-refractivity contribution in [3.05, 3.63) is 12.2 Å². The van der Waals surface area contributed by atoms with Crippen LogP contribution in [0.3, 0.4) is 0 Å². The summed E-state index contributed by atoms with van der Waals surface area (Å²) in [6.07, 6.45) is 0.496. The molecule has 1 unspecified atom stereocenters. The highest BCUT2D eigenvalue weighted by Crippen LogP contribution is 2.32. The molecule has 4 N–H and O–H groups in total. The summed E-state index contributed by atoms with van der Waals surface area (Å²) in [5.74, 6) is -0.488. The molecule has 7 heteroatoms. The van der Waals surface area contributed by atoms with Crippen LogP contribution >= 0.6 is 0 Å². The molecule has 1 aliphatic rings. The summed E-state index contributed by atoms with van der Waals surface area (Å²) in [6.45, 7) is 16.0. The van der Waals surface area contributed by atoms with E-state index in [1.165, 1.54) is 0 Å². The number of esters is 1. The van der Waals surface area contributed by atoms with Crippen LogP contribution in [0.2, 0.25) is 0 Å². The topological polar surface area (TPSA) is 85.9 Å². The fourth-order valence-corrected chi connectivity index (χ4v) is 2.73. The number of hydrogen-bond donors (Lipinski definition) is 4. The second kappa shape index (κ2) is 9.48. The SMILES string of the molecule is C=C(C)C(=O)OC1(CC(C)(C)C)CNCCNCCNCCN1O. The molecule has 1 aliphatic heterocycles. The van der Waals surface area contributed by atoms with Gasteiger partial charge < -0.3 is 25.9 Å². The van der Waals surface area contributed by atoms with E-state index in [9.17, 15) is 10.0 Å². The Labute approximate surface area is 145 Å². The normalized spacial score (nSPS) is 25.4. The highest BCUT2D eigenvalue weighted by Gasteiger charge is 2.43. The predicted octanol–water partition coefficient (Wildman–Crippen LogP) is 0.712. The zero-order valence-electron chi connectivity index (χ0n) is 15.6. The zero-order chi connectivity index (χ0) is 18.2. The molecule has 0 saturated carbocycles. The summed E-state index contributed by atoms with van der Waals surface area (Å²) >= 11 is 0. The first-order valence-electron chi connectivity index (χ1n) is 8.64. The van der Waals surface area contributed by atoms with Crippen LogP contribution in [-0.4, -0.2) is 67.8 Å². The largest absolute Gasteiger partial charge is 0.437 e. The van der Waals surface area contributed by atoms with E-state index in [0.717, 1.165) is 31.2 Å². The number of carbonyl (C=O) groups excluding carboxylic acids is 1. The van der Waals surface area contributed by atoms with Crippen LogP contribution in [0.15, 0.2) is 12.2 Å². The van der Waals surface area contributed by atoms with Crippen molar-refractivity contribution in [3.63, 3.8) is 0 Å². The predicted molar refractivity (Wildman–Crippen MR) is 94.8 cm³/mol. The van der Waals surface area contributed by atoms with E-state index in [1.54, 1.807) is 6.92 Å². The fraction of sp³-hybridized carbons (Fsp3) is 0.824. The van der Waals surface area contributed by atoms with Crippen LogP contribution in [0.1, 0.15) is 34.1 Å². The molecule has 0 radical (unpaired) electrons. The van der Waals surface area contributed by atoms with Crippen LogP contribution in [0.5, 0.6) is 0 Å². The van der Waals surface area contributed by atoms with Crippen molar-refractivity contribution in [1.82, 2.24) is 21.0 Å². The first-order chi connectivity index (χ1) is 11.2. The molecule has 24 heavy (non-hydrogen) atoms. The van der Waals surface area contributed by atoms with Gasteiger partial charge in [-0.2, -0.15) is 0 Å². The average molecular weight is 342 g/mol. The maximum absolute atomic E-state index is 12.2. The van der Waals surface area contributed by atoms with Crippen molar-refractivity contribution in [2.75, 3.05) is 45.8 Å². The van der Waals surface area contributed by atoms with Gasteiger partial charge in [0.05, 0.1) is 6.54 Å². The molecule has 1 rings (SSSR count). The number of nitrogens with one attached hydrogen (secondary N) is 3. The van der Waals surface area contributed by atoms with E-state index >= 15 is 0 Å². The first kappa shape index (κ1) is 21.1. The molecule has 0 bridgehead atoms. The van der Waals surface area contributed by atoms with Crippen LogP contribution < -0.4 is 16.0 Å². The smallest absolute Gasteiger partial charge is 0.335 e. The Morgan fingerprint density at radius 1 is 1.17 bits per heavy atom. The monoisotopic (exact) mass is 342 g/mol. The van der Waals surface area contributed by atoms with Gasteiger partial charge in [0.1, 0.15) is 0 Å². The van der Waals surface area contributed by atoms with Crippen LogP contribution in [0.25, 0.3) is 0 Å². The van der Waals surface area contributed by atoms with Gasteiger partial charge in [0.25, 0.3) is 0 Å². The zero-order valence-corrected chi connectivity index (χ0v) is 15.6. The van der Waals surface area contributed by atoms with E-state index < -0.39 is 11.7 Å². The van der Waals surface area contributed by atoms with E-state index in [2.05, 4.69) is 43.3 Å². The summed E-state index contributed by atoms with van der Waals surface area (Å²) in [5, 5.41) is 21.8. The quantitative estimate of drug-likeness (QED) is 0.444. The summed E-state index contributed by atoms with van der Waals surface area (Å²) in [7, 11) is 0. The van der Waals surface area contributed by atoms with Gasteiger partial charge in [0.2, 0.25) is 5.72 Å². The Morgan fingerprint density at radius 2 is 1.71 bits per heavy atom. The Hall–Kier alpha value is -0.990. The third-order valence-electron chi connectivity index (χ3n) is 3.77. The number of ether oxygens (including phenoxy) is 1. The maximum Gasteiger partial charge on any atom is 0.335 e. The highest BCUT2D eigenvalue weighted by molar-refractivity contribution is 5.87. The summed E-state index contributed by atoms with van der Waals surface area (Å²) in [5.41, 5.74) is -0.946. The van der Waals surface area contributed by atoms with Gasteiger partial charge >= 0.3 is 5.97 Å². The molecule has 0 aromatic rings. The van der Waals surface area contributed by atoms with Crippen molar-refractivity contribution < 1.29 is 14.7 Å². The van der Waals surface area contributed by atoms with E-state index in [-0.39, 0.29) is 5.41 Å². The number of nitrogens with zero attached hydrogens (tertiary/aromatic N) is 1. The molecule has 7 nitrogen and oxygen atoms in total. The van der Waals surface area contributed by atoms with Gasteiger partial charge in [-0.25, -0.2) is 4.79 Å². The molecule has 0 aromatic heterocycles. The summed E-state index contributed by atoms with van der Waals surface area (Å²) in [6, 6.07) is 0. The van der Waals surface area contributed by atoms with Crippen molar-refractivity contribution in [3.8, 4) is 0 Å². The molecule has 140 valence electrons. The van der Waals surface area contributed by atoms with Gasteiger partial charge in [-0.05, 0) is 12.3 Å². The van der Waals surface area contributed by atoms with Crippen molar-refractivity contribution in [2.24, 2.45) is 5.41 Å². The number of hydroxylamine groups is 2. The minimum absolute atomic E-state index is 0.138. The molecule has 1 fully saturated rings. The number of rotatable bonds is 3. The number of carbonyl (C=O) groups is 1. The molecule has 1 heterocycles. The van der Waals surface area contributed by atoms with Crippen molar-refractivity contribution in [2.45, 2.75) is 39.8 Å². The molecule has 0 spiro atoms. The lowest BCUT2D eigenvalue weighted by atomic mass is 9.85. The molecule has 1 saturated heterocycles. The Morgan fingerprint density at radius 3 is 2.25 bits per heavy atom. The lowest BCUT2D eigenvalue weighted by Crippen LogP contribution is -2.60. The van der Waals surface area contributed by atoms with Gasteiger partial charge in [-0.1, -0.05) is 27.4 Å². The first-order valence-corrected chi connectivity index (χ1v) is 8.64. The van der Waals surface area contributed by atoms with Crippen molar-refractivity contribution in [1.29, 1.82) is 0 Å². The summed E-state index contributed by atoms with van der Waals surface area (Å²) in [4.78, 5) is 12.2. The van der Waals surface area contributed by atoms with E-state index in [0.29, 0.717) is 31.6 Å². The van der Waals surface area contributed by atoms with Gasteiger partial charge in [-0.15, -0.1) is 5.06 Å². The summed E-state index contributed by atoms with van der Waals surface area (Å²) < 4.78 is 5.76. The van der Waals surface area contributed by atoms with Crippen LogP contribution in [0.4, 0.5) is 0 Å². The third-order valence-corrected chi connectivity index (χ3v) is 3.77. The highest BCUT2D eigenvalue weighted by atomic mass is 16.6. The lowest BCUT2D eigenvalue weighted by Gasteiger charge is -2.43. The third kappa shape index (κ3) is 7.27. The average Bonchev–Trinajstić information content (AvgIpc) is 2.45. The maximum atomic E-state index is 12.2. The van der Waals surface area contributed by atoms with E-state index in [4.69, 9.17) is 4.74 Å². The molecule has 0 aliphatic carbocycles. The Kier molecular flexibility index (Phi) is 8.32. The Bertz CT molecular complexity index is 423. The van der Waals surface area contributed by atoms with Gasteiger partial charge in [0.15, 0.2) is 0 Å². The Balaban J connectivity index is 3.02. The number of hydrogen-bond acceptors (Lipinski definition) is 7. The molecular weight excluding hydrogens is 308 g/mol. The van der Waals surface area contributed by atoms with Crippen LogP contribution in [-0.2, 0) is 9.53 Å². The van der Waals surface area contributed by atoms with Gasteiger partial charge in [0, 0.05) is 51.3 Å². The fourth-order valence-electron chi connectivity index (χ4n) is 2.73. The second-order valence-electron chi connectivity index (χ2n) is 7.65.